The molecule has 0 aliphatic carbocycles. The Hall–Kier alpha value is -3.73. The molecule has 0 unspecified atom stereocenters. The Morgan fingerprint density at radius 3 is 2.54 bits per heavy atom. The average molecular weight is 368 g/mol. The number of amides is 1. The molecule has 5 heteroatoms. The summed E-state index contributed by atoms with van der Waals surface area (Å²) in [6.07, 6.45) is 4.97. The van der Waals surface area contributed by atoms with Crippen LogP contribution < -0.4 is 5.32 Å². The highest BCUT2D eigenvalue weighted by Gasteiger charge is 2.11. The van der Waals surface area contributed by atoms with Gasteiger partial charge in [-0.15, -0.1) is 0 Å². The van der Waals surface area contributed by atoms with E-state index in [9.17, 15) is 4.79 Å². The van der Waals surface area contributed by atoms with E-state index in [1.807, 2.05) is 79.2 Å². The monoisotopic (exact) mass is 368 g/mol. The number of aryl methyl sites for hydroxylation is 2. The van der Waals surface area contributed by atoms with Crippen molar-refractivity contribution in [1.82, 2.24) is 14.8 Å². The smallest absolute Gasteiger partial charge is 0.248 e. The highest BCUT2D eigenvalue weighted by atomic mass is 16.1. The Kier molecular flexibility index (Phi) is 4.72. The summed E-state index contributed by atoms with van der Waals surface area (Å²) < 4.78 is 1.81. The summed E-state index contributed by atoms with van der Waals surface area (Å²) in [7, 11) is 0. The van der Waals surface area contributed by atoms with Gasteiger partial charge in [-0.3, -0.25) is 4.79 Å². The molecule has 0 bridgehead atoms. The molecule has 0 saturated heterocycles. The Balaban J connectivity index is 1.56. The fraction of sp³-hybridized carbons (Fsp3) is 0.0870. The van der Waals surface area contributed by atoms with E-state index in [0.717, 1.165) is 28.0 Å². The average Bonchev–Trinajstić information content (AvgIpc) is 3.04. The maximum absolute atomic E-state index is 12.3. The molecule has 28 heavy (non-hydrogen) atoms. The van der Waals surface area contributed by atoms with Gasteiger partial charge in [0.15, 0.2) is 5.65 Å². The third-order valence-corrected chi connectivity index (χ3v) is 4.48. The number of para-hydroxylation sites is 1. The van der Waals surface area contributed by atoms with E-state index >= 15 is 0 Å². The Bertz CT molecular complexity index is 1160. The number of nitrogens with zero attached hydrogens (tertiary/aromatic N) is 3. The summed E-state index contributed by atoms with van der Waals surface area (Å²) in [6, 6.07) is 19.8. The molecule has 2 heterocycles. The fourth-order valence-electron chi connectivity index (χ4n) is 2.99. The summed E-state index contributed by atoms with van der Waals surface area (Å²) in [4.78, 5) is 16.8. The number of benzene rings is 2. The van der Waals surface area contributed by atoms with Crippen LogP contribution in [0.15, 0.2) is 72.9 Å². The molecule has 0 fully saturated rings. The molecule has 4 rings (SSSR count). The molecule has 1 N–H and O–H groups in total. The quantitative estimate of drug-likeness (QED) is 0.532. The summed E-state index contributed by atoms with van der Waals surface area (Å²) in [5.41, 5.74) is 5.38. The van der Waals surface area contributed by atoms with Crippen LogP contribution in [0.1, 0.15) is 16.8 Å². The highest BCUT2D eigenvalue weighted by molar-refractivity contribution is 6.02. The van der Waals surface area contributed by atoms with Crippen LogP contribution in [0.2, 0.25) is 0 Å². The zero-order valence-corrected chi connectivity index (χ0v) is 15.8. The molecule has 2 aromatic heterocycles. The SMILES string of the molecule is Cc1ccc(/C=C/C(=O)Nc2cnc3c(c2)c(C)nn3-c2ccccc2)cc1. The Morgan fingerprint density at radius 1 is 1.04 bits per heavy atom. The zero-order chi connectivity index (χ0) is 19.5. The van der Waals surface area contributed by atoms with Crippen LogP contribution >= 0.6 is 0 Å². The lowest BCUT2D eigenvalue weighted by molar-refractivity contribution is -0.111. The molecule has 5 nitrogen and oxygen atoms in total. The van der Waals surface area contributed by atoms with Gasteiger partial charge < -0.3 is 5.32 Å². The standard InChI is InChI=1S/C23H20N4O/c1-16-8-10-18(11-9-16)12-13-22(28)25-19-14-21-17(2)26-27(23(21)24-15-19)20-6-4-3-5-7-20/h3-15H,1-2H3,(H,25,28)/b13-12+. The van der Waals surface area contributed by atoms with Crippen LogP contribution in [-0.4, -0.2) is 20.7 Å². The van der Waals surface area contributed by atoms with Crippen molar-refractivity contribution in [2.24, 2.45) is 0 Å². The van der Waals surface area contributed by atoms with E-state index in [1.54, 1.807) is 12.3 Å². The third-order valence-electron chi connectivity index (χ3n) is 4.48. The summed E-state index contributed by atoms with van der Waals surface area (Å²) in [6.45, 7) is 3.97. The molecule has 4 aromatic rings. The number of pyridine rings is 1. The van der Waals surface area contributed by atoms with E-state index in [-0.39, 0.29) is 5.91 Å². The van der Waals surface area contributed by atoms with Gasteiger partial charge in [-0.1, -0.05) is 48.0 Å². The summed E-state index contributed by atoms with van der Waals surface area (Å²) >= 11 is 0. The first-order chi connectivity index (χ1) is 13.6. The van der Waals surface area contributed by atoms with Gasteiger partial charge in [0.25, 0.3) is 0 Å². The fourth-order valence-corrected chi connectivity index (χ4v) is 2.99. The predicted molar refractivity (Wildman–Crippen MR) is 112 cm³/mol. The van der Waals surface area contributed by atoms with Gasteiger partial charge in [0.2, 0.25) is 5.91 Å². The Morgan fingerprint density at radius 2 is 1.79 bits per heavy atom. The lowest BCUT2D eigenvalue weighted by Gasteiger charge is -2.04. The highest BCUT2D eigenvalue weighted by Crippen LogP contribution is 2.22. The van der Waals surface area contributed by atoms with E-state index in [4.69, 9.17) is 0 Å². The summed E-state index contributed by atoms with van der Waals surface area (Å²) in [5, 5.41) is 8.36. The van der Waals surface area contributed by atoms with Crippen molar-refractivity contribution in [2.45, 2.75) is 13.8 Å². The first-order valence-corrected chi connectivity index (χ1v) is 9.07. The van der Waals surface area contributed by atoms with Crippen LogP contribution in [0.3, 0.4) is 0 Å². The molecule has 0 spiro atoms. The Labute approximate surface area is 163 Å². The van der Waals surface area contributed by atoms with Gasteiger partial charge in [0.1, 0.15) is 0 Å². The van der Waals surface area contributed by atoms with Crippen LogP contribution in [-0.2, 0) is 4.79 Å². The van der Waals surface area contributed by atoms with Crippen molar-refractivity contribution in [2.75, 3.05) is 5.32 Å². The minimum absolute atomic E-state index is 0.199. The van der Waals surface area contributed by atoms with Crippen molar-refractivity contribution in [1.29, 1.82) is 0 Å². The van der Waals surface area contributed by atoms with E-state index in [1.165, 1.54) is 11.6 Å². The van der Waals surface area contributed by atoms with Crippen molar-refractivity contribution >= 4 is 28.7 Å². The predicted octanol–water partition coefficient (Wildman–Crippen LogP) is 4.69. The van der Waals surface area contributed by atoms with E-state index in [0.29, 0.717) is 5.69 Å². The zero-order valence-electron chi connectivity index (χ0n) is 15.8. The van der Waals surface area contributed by atoms with Crippen LogP contribution in [0.5, 0.6) is 0 Å². The number of nitrogens with one attached hydrogen (secondary N) is 1. The number of aromatic nitrogens is 3. The van der Waals surface area contributed by atoms with Gasteiger partial charge in [0.05, 0.1) is 23.3 Å². The first kappa shape index (κ1) is 17.7. The largest absolute Gasteiger partial charge is 0.321 e. The van der Waals surface area contributed by atoms with Crippen molar-refractivity contribution < 1.29 is 4.79 Å². The molecule has 0 atom stereocenters. The molecule has 0 radical (unpaired) electrons. The van der Waals surface area contributed by atoms with E-state index < -0.39 is 0 Å². The van der Waals surface area contributed by atoms with Crippen LogP contribution in [0, 0.1) is 13.8 Å². The lowest BCUT2D eigenvalue weighted by atomic mass is 10.1. The molecular formula is C23H20N4O. The number of hydrogen-bond acceptors (Lipinski definition) is 3. The first-order valence-electron chi connectivity index (χ1n) is 9.07. The van der Waals surface area contributed by atoms with E-state index in [2.05, 4.69) is 15.4 Å². The van der Waals surface area contributed by atoms with Gasteiger partial charge in [-0.05, 0) is 43.7 Å². The molecular weight excluding hydrogens is 348 g/mol. The molecule has 138 valence electrons. The maximum Gasteiger partial charge on any atom is 0.248 e. The van der Waals surface area contributed by atoms with Crippen LogP contribution in [0.4, 0.5) is 5.69 Å². The minimum atomic E-state index is -0.199. The number of carbonyl (C=O) groups excluding carboxylic acids is 1. The topological polar surface area (TPSA) is 59.8 Å². The number of anilines is 1. The molecule has 1 amide bonds. The number of hydrogen-bond donors (Lipinski definition) is 1. The number of rotatable bonds is 4. The van der Waals surface area contributed by atoms with Gasteiger partial charge in [-0.25, -0.2) is 9.67 Å². The van der Waals surface area contributed by atoms with Crippen LogP contribution in [0.25, 0.3) is 22.8 Å². The van der Waals surface area contributed by atoms with Gasteiger partial charge in [-0.2, -0.15) is 5.10 Å². The second-order valence-electron chi connectivity index (χ2n) is 6.66. The van der Waals surface area contributed by atoms with Crippen molar-refractivity contribution in [3.63, 3.8) is 0 Å². The lowest BCUT2D eigenvalue weighted by Crippen LogP contribution is -2.08. The second-order valence-corrected chi connectivity index (χ2v) is 6.66. The van der Waals surface area contributed by atoms with Gasteiger partial charge in [0, 0.05) is 11.5 Å². The third kappa shape index (κ3) is 3.69. The minimum Gasteiger partial charge on any atom is -0.321 e. The second kappa shape index (κ2) is 7.48. The van der Waals surface area contributed by atoms with Crippen molar-refractivity contribution in [3.05, 3.63) is 89.8 Å². The summed E-state index contributed by atoms with van der Waals surface area (Å²) in [5.74, 6) is -0.199. The number of fused-ring (bicyclic) bond motifs is 1. The normalized spacial score (nSPS) is 11.2. The molecule has 0 aliphatic heterocycles. The maximum atomic E-state index is 12.3. The number of carbonyl (C=O) groups is 1. The molecule has 0 saturated carbocycles. The van der Waals surface area contributed by atoms with Gasteiger partial charge >= 0.3 is 0 Å². The molecule has 2 aromatic carbocycles. The van der Waals surface area contributed by atoms with Crippen molar-refractivity contribution in [3.8, 4) is 5.69 Å². The molecule has 0 aliphatic rings.